The highest BCUT2D eigenvalue weighted by Gasteiger charge is 2.20. The molecule has 0 spiro atoms. The Morgan fingerprint density at radius 1 is 1.35 bits per heavy atom. The Labute approximate surface area is 119 Å². The lowest BCUT2D eigenvalue weighted by atomic mass is 10.0. The molecule has 1 amide bonds. The molecule has 1 aromatic carbocycles. The van der Waals surface area contributed by atoms with Crippen LogP contribution < -0.4 is 5.32 Å². The topological polar surface area (TPSA) is 48.1 Å². The first-order chi connectivity index (χ1) is 9.76. The van der Waals surface area contributed by atoms with Gasteiger partial charge in [0.25, 0.3) is 5.91 Å². The van der Waals surface area contributed by atoms with Crippen LogP contribution in [0, 0.1) is 0 Å². The molecule has 0 atom stereocenters. The number of hydrogen-bond donors (Lipinski definition) is 2. The normalized spacial score (nSPS) is 17.4. The minimum Gasteiger partial charge on any atom is -0.361 e. The first kappa shape index (κ1) is 13.2. The summed E-state index contributed by atoms with van der Waals surface area (Å²) in [6.45, 7) is 5.45. The lowest BCUT2D eigenvalue weighted by molar-refractivity contribution is 0.0913. The van der Waals surface area contributed by atoms with Crippen molar-refractivity contribution in [2.24, 2.45) is 0 Å². The van der Waals surface area contributed by atoms with E-state index in [2.05, 4.69) is 22.1 Å². The molecular weight excluding hydrogens is 250 g/mol. The summed E-state index contributed by atoms with van der Waals surface area (Å²) in [6.07, 6.45) is 3.99. The molecule has 3 rings (SSSR count). The van der Waals surface area contributed by atoms with Gasteiger partial charge in [0.1, 0.15) is 0 Å². The number of aromatic amines is 1. The van der Waals surface area contributed by atoms with Gasteiger partial charge in [0.05, 0.1) is 0 Å². The van der Waals surface area contributed by atoms with Crippen molar-refractivity contribution in [1.29, 1.82) is 0 Å². The molecule has 1 aliphatic heterocycles. The molecule has 0 aliphatic carbocycles. The van der Waals surface area contributed by atoms with E-state index in [9.17, 15) is 4.79 Å². The lowest BCUT2D eigenvalue weighted by Crippen LogP contribution is -2.44. The highest BCUT2D eigenvalue weighted by Crippen LogP contribution is 2.15. The van der Waals surface area contributed by atoms with Crippen LogP contribution in [-0.2, 0) is 0 Å². The molecule has 1 saturated heterocycles. The van der Waals surface area contributed by atoms with E-state index in [4.69, 9.17) is 0 Å². The average molecular weight is 271 g/mol. The minimum atomic E-state index is 0.0445. The molecule has 1 aliphatic rings. The van der Waals surface area contributed by atoms with E-state index in [1.165, 1.54) is 0 Å². The number of H-pyrrole nitrogens is 1. The molecule has 106 valence electrons. The number of carbonyl (C=O) groups excluding carboxylic acids is 1. The number of likely N-dealkylation sites (tertiary alicyclic amines) is 1. The van der Waals surface area contributed by atoms with Crippen LogP contribution >= 0.6 is 0 Å². The Hall–Kier alpha value is -1.81. The largest absolute Gasteiger partial charge is 0.361 e. The minimum absolute atomic E-state index is 0.0445. The zero-order chi connectivity index (χ0) is 13.9. The van der Waals surface area contributed by atoms with Crippen molar-refractivity contribution >= 4 is 16.8 Å². The van der Waals surface area contributed by atoms with Crippen molar-refractivity contribution in [2.45, 2.75) is 25.8 Å². The number of amides is 1. The third-order valence-electron chi connectivity index (χ3n) is 4.19. The van der Waals surface area contributed by atoms with Crippen LogP contribution in [0.25, 0.3) is 10.9 Å². The molecule has 4 nitrogen and oxygen atoms in total. The van der Waals surface area contributed by atoms with Crippen molar-refractivity contribution in [2.75, 3.05) is 19.6 Å². The average Bonchev–Trinajstić information content (AvgIpc) is 2.95. The van der Waals surface area contributed by atoms with Gasteiger partial charge in [-0.15, -0.1) is 0 Å². The van der Waals surface area contributed by atoms with Gasteiger partial charge in [-0.1, -0.05) is 6.92 Å². The molecule has 2 N–H and O–H groups in total. The van der Waals surface area contributed by atoms with Crippen LogP contribution in [0.1, 0.15) is 30.1 Å². The molecule has 4 heteroatoms. The highest BCUT2D eigenvalue weighted by molar-refractivity contribution is 5.98. The smallest absolute Gasteiger partial charge is 0.251 e. The van der Waals surface area contributed by atoms with Gasteiger partial charge in [-0.3, -0.25) is 4.79 Å². The third-order valence-corrected chi connectivity index (χ3v) is 4.19. The fourth-order valence-corrected chi connectivity index (χ4v) is 2.86. The van der Waals surface area contributed by atoms with E-state index >= 15 is 0 Å². The third kappa shape index (κ3) is 2.70. The lowest BCUT2D eigenvalue weighted by Gasteiger charge is -2.31. The van der Waals surface area contributed by atoms with Gasteiger partial charge in [0, 0.05) is 41.8 Å². The van der Waals surface area contributed by atoms with Crippen LogP contribution in [0.3, 0.4) is 0 Å². The van der Waals surface area contributed by atoms with E-state index in [0.29, 0.717) is 6.04 Å². The summed E-state index contributed by atoms with van der Waals surface area (Å²) in [5.41, 5.74) is 1.81. The Morgan fingerprint density at radius 3 is 2.90 bits per heavy atom. The Balaban J connectivity index is 1.64. The van der Waals surface area contributed by atoms with E-state index < -0.39 is 0 Å². The predicted octanol–water partition coefficient (Wildman–Crippen LogP) is 2.38. The Bertz CT molecular complexity index is 597. The fourth-order valence-electron chi connectivity index (χ4n) is 2.86. The van der Waals surface area contributed by atoms with Gasteiger partial charge < -0.3 is 15.2 Å². The van der Waals surface area contributed by atoms with Gasteiger partial charge in [-0.2, -0.15) is 0 Å². The van der Waals surface area contributed by atoms with Crippen molar-refractivity contribution in [3.05, 3.63) is 36.0 Å². The molecule has 20 heavy (non-hydrogen) atoms. The maximum absolute atomic E-state index is 12.3. The van der Waals surface area contributed by atoms with E-state index in [-0.39, 0.29) is 5.91 Å². The molecule has 2 heterocycles. The van der Waals surface area contributed by atoms with Gasteiger partial charge in [0.15, 0.2) is 0 Å². The van der Waals surface area contributed by atoms with Gasteiger partial charge in [0.2, 0.25) is 0 Å². The van der Waals surface area contributed by atoms with Crippen molar-refractivity contribution in [3.8, 4) is 0 Å². The number of nitrogens with zero attached hydrogens (tertiary/aromatic N) is 1. The number of benzene rings is 1. The SMILES string of the molecule is CCN1CCC(NC(=O)c2ccc3[nH]ccc3c2)CC1. The second-order valence-corrected chi connectivity index (χ2v) is 5.46. The van der Waals surface area contributed by atoms with E-state index in [1.807, 2.05) is 30.5 Å². The summed E-state index contributed by atoms with van der Waals surface area (Å²) in [4.78, 5) is 17.9. The number of hydrogen-bond acceptors (Lipinski definition) is 2. The van der Waals surface area contributed by atoms with Gasteiger partial charge >= 0.3 is 0 Å². The van der Waals surface area contributed by atoms with Crippen LogP contribution in [0.5, 0.6) is 0 Å². The summed E-state index contributed by atoms with van der Waals surface area (Å²) >= 11 is 0. The predicted molar refractivity (Wildman–Crippen MR) is 80.9 cm³/mol. The zero-order valence-electron chi connectivity index (χ0n) is 11.9. The number of rotatable bonds is 3. The molecule has 0 unspecified atom stereocenters. The van der Waals surface area contributed by atoms with Crippen LogP contribution in [0.4, 0.5) is 0 Å². The second-order valence-electron chi connectivity index (χ2n) is 5.46. The molecule has 0 radical (unpaired) electrons. The first-order valence-corrected chi connectivity index (χ1v) is 7.36. The molecule has 1 aromatic heterocycles. The van der Waals surface area contributed by atoms with E-state index in [1.54, 1.807) is 0 Å². The monoisotopic (exact) mass is 271 g/mol. The zero-order valence-corrected chi connectivity index (χ0v) is 11.9. The Kier molecular flexibility index (Phi) is 3.74. The van der Waals surface area contributed by atoms with Crippen molar-refractivity contribution in [1.82, 2.24) is 15.2 Å². The summed E-state index contributed by atoms with van der Waals surface area (Å²) in [5, 5.41) is 4.24. The number of carbonyl (C=O) groups is 1. The van der Waals surface area contributed by atoms with Crippen molar-refractivity contribution in [3.63, 3.8) is 0 Å². The molecule has 2 aromatic rings. The summed E-state index contributed by atoms with van der Waals surface area (Å²) in [6, 6.07) is 8.10. The number of nitrogens with one attached hydrogen (secondary N) is 2. The van der Waals surface area contributed by atoms with Gasteiger partial charge in [-0.25, -0.2) is 0 Å². The molecular formula is C16H21N3O. The molecule has 1 fully saturated rings. The first-order valence-electron chi connectivity index (χ1n) is 7.36. The molecule has 0 bridgehead atoms. The highest BCUT2D eigenvalue weighted by atomic mass is 16.1. The summed E-state index contributed by atoms with van der Waals surface area (Å²) in [7, 11) is 0. The maximum Gasteiger partial charge on any atom is 0.251 e. The second kappa shape index (κ2) is 5.67. The quantitative estimate of drug-likeness (QED) is 0.900. The van der Waals surface area contributed by atoms with Crippen LogP contribution in [0.15, 0.2) is 30.5 Å². The van der Waals surface area contributed by atoms with Crippen LogP contribution in [-0.4, -0.2) is 41.5 Å². The van der Waals surface area contributed by atoms with Crippen molar-refractivity contribution < 1.29 is 4.79 Å². The standard InChI is InChI=1S/C16H21N3O/c1-2-19-9-6-14(7-10-19)18-16(20)13-3-4-15-12(11-13)5-8-17-15/h3-5,8,11,14,17H,2,6-7,9-10H2,1H3,(H,18,20). The maximum atomic E-state index is 12.3. The van der Waals surface area contributed by atoms with E-state index in [0.717, 1.165) is 48.9 Å². The number of fused-ring (bicyclic) bond motifs is 1. The van der Waals surface area contributed by atoms with Crippen LogP contribution in [0.2, 0.25) is 0 Å². The molecule has 0 saturated carbocycles. The summed E-state index contributed by atoms with van der Waals surface area (Å²) in [5.74, 6) is 0.0445. The fraction of sp³-hybridized carbons (Fsp3) is 0.438. The summed E-state index contributed by atoms with van der Waals surface area (Å²) < 4.78 is 0. The Morgan fingerprint density at radius 2 is 2.15 bits per heavy atom. The number of piperidine rings is 1. The van der Waals surface area contributed by atoms with Gasteiger partial charge in [-0.05, 0) is 43.7 Å². The number of aromatic nitrogens is 1.